The fourth-order valence-corrected chi connectivity index (χ4v) is 4.00. The van der Waals surface area contributed by atoms with E-state index >= 15 is 0 Å². The average molecular weight is 332 g/mol. The van der Waals surface area contributed by atoms with Crippen molar-refractivity contribution in [1.82, 2.24) is 0 Å². The highest BCUT2D eigenvalue weighted by Crippen LogP contribution is 2.34. The van der Waals surface area contributed by atoms with Crippen LogP contribution in [0.5, 0.6) is 5.75 Å². The van der Waals surface area contributed by atoms with E-state index in [9.17, 15) is 8.42 Å². The van der Waals surface area contributed by atoms with E-state index in [0.717, 1.165) is 29.1 Å². The molecule has 0 aromatic heterocycles. The van der Waals surface area contributed by atoms with Crippen molar-refractivity contribution < 1.29 is 13.2 Å². The number of nitrogens with one attached hydrogen (secondary N) is 1. The lowest BCUT2D eigenvalue weighted by molar-refractivity contribution is 0.311. The van der Waals surface area contributed by atoms with Crippen molar-refractivity contribution in [3.63, 3.8) is 0 Å². The first-order chi connectivity index (χ1) is 10.9. The molecule has 2 aromatic carbocycles. The Balaban J connectivity index is 1.95. The summed E-state index contributed by atoms with van der Waals surface area (Å²) in [5, 5.41) is 0. The van der Waals surface area contributed by atoms with Gasteiger partial charge in [-0.15, -0.1) is 0 Å². The van der Waals surface area contributed by atoms with E-state index in [-0.39, 0.29) is 0 Å². The van der Waals surface area contributed by atoms with Gasteiger partial charge in [-0.2, -0.15) is 0 Å². The van der Waals surface area contributed by atoms with Crippen LogP contribution in [0.4, 0.5) is 11.4 Å². The van der Waals surface area contributed by atoms with Crippen LogP contribution in [0.1, 0.15) is 11.1 Å². The topological polar surface area (TPSA) is 58.6 Å². The van der Waals surface area contributed by atoms with E-state index in [1.165, 1.54) is 0 Å². The number of sulfonamides is 1. The van der Waals surface area contributed by atoms with Crippen molar-refractivity contribution in [3.05, 3.63) is 47.5 Å². The summed E-state index contributed by atoms with van der Waals surface area (Å²) in [6.45, 7) is 5.09. The van der Waals surface area contributed by atoms with Crippen LogP contribution in [-0.2, 0) is 10.0 Å². The van der Waals surface area contributed by atoms with Crippen LogP contribution < -0.4 is 14.4 Å². The standard InChI is InChI=1S/C17H20N2O3S/c1-12-4-5-13(2)17(10-12)23(20,21)18-14-6-7-16-15(11-14)19(3)8-9-22-16/h4-7,10-11,18H,8-9H2,1-3H3. The van der Waals surface area contributed by atoms with Gasteiger partial charge in [0.05, 0.1) is 22.8 Å². The molecule has 3 rings (SSSR count). The van der Waals surface area contributed by atoms with Crippen LogP contribution in [0.3, 0.4) is 0 Å². The maximum atomic E-state index is 12.7. The van der Waals surface area contributed by atoms with E-state index in [4.69, 9.17) is 4.74 Å². The van der Waals surface area contributed by atoms with Crippen LogP contribution in [0.2, 0.25) is 0 Å². The molecule has 0 atom stereocenters. The molecule has 0 bridgehead atoms. The SMILES string of the molecule is Cc1ccc(C)c(S(=O)(=O)Nc2ccc3c(c2)N(C)CCO3)c1. The highest BCUT2D eigenvalue weighted by molar-refractivity contribution is 7.92. The van der Waals surface area contributed by atoms with Crippen LogP contribution >= 0.6 is 0 Å². The van der Waals surface area contributed by atoms with E-state index in [1.807, 2.05) is 26.1 Å². The number of fused-ring (bicyclic) bond motifs is 1. The molecule has 122 valence electrons. The van der Waals surface area contributed by atoms with Gasteiger partial charge in [-0.05, 0) is 49.2 Å². The number of ether oxygens (including phenoxy) is 1. The Kier molecular flexibility index (Phi) is 3.93. The minimum absolute atomic E-state index is 0.305. The average Bonchev–Trinajstić information content (AvgIpc) is 2.50. The smallest absolute Gasteiger partial charge is 0.262 e. The Hall–Kier alpha value is -2.21. The summed E-state index contributed by atoms with van der Waals surface area (Å²) in [5.74, 6) is 0.772. The number of hydrogen-bond acceptors (Lipinski definition) is 4. The maximum Gasteiger partial charge on any atom is 0.262 e. The molecule has 2 aromatic rings. The second-order valence-electron chi connectivity index (χ2n) is 5.83. The lowest BCUT2D eigenvalue weighted by Gasteiger charge is -2.28. The number of hydrogen-bond donors (Lipinski definition) is 1. The van der Waals surface area contributed by atoms with Gasteiger partial charge in [0.2, 0.25) is 0 Å². The Bertz CT molecular complexity index is 847. The molecular formula is C17H20N2O3S. The fraction of sp³-hybridized carbons (Fsp3) is 0.294. The zero-order valence-electron chi connectivity index (χ0n) is 13.5. The van der Waals surface area contributed by atoms with E-state index in [2.05, 4.69) is 9.62 Å². The van der Waals surface area contributed by atoms with Crippen LogP contribution in [0, 0.1) is 13.8 Å². The van der Waals surface area contributed by atoms with Gasteiger partial charge in [0.15, 0.2) is 0 Å². The first-order valence-electron chi connectivity index (χ1n) is 7.45. The maximum absolute atomic E-state index is 12.7. The quantitative estimate of drug-likeness (QED) is 0.939. The number of benzene rings is 2. The first kappa shape index (κ1) is 15.7. The summed E-state index contributed by atoms with van der Waals surface area (Å²) in [7, 11) is -1.66. The molecule has 0 aliphatic carbocycles. The Morgan fingerprint density at radius 2 is 1.91 bits per heavy atom. The van der Waals surface area contributed by atoms with Gasteiger partial charge < -0.3 is 9.64 Å². The molecule has 0 spiro atoms. The van der Waals surface area contributed by atoms with Crippen LogP contribution in [0.15, 0.2) is 41.3 Å². The predicted octanol–water partition coefficient (Wildman–Crippen LogP) is 2.93. The molecular weight excluding hydrogens is 312 g/mol. The van der Waals surface area contributed by atoms with Gasteiger partial charge in [0.25, 0.3) is 10.0 Å². The van der Waals surface area contributed by atoms with Crippen molar-refractivity contribution in [2.75, 3.05) is 29.8 Å². The van der Waals surface area contributed by atoms with Gasteiger partial charge in [0, 0.05) is 7.05 Å². The van der Waals surface area contributed by atoms with Gasteiger partial charge in [-0.3, -0.25) is 4.72 Å². The molecule has 5 nitrogen and oxygen atoms in total. The molecule has 6 heteroatoms. The molecule has 0 amide bonds. The molecule has 0 unspecified atom stereocenters. The molecule has 0 fully saturated rings. The van der Waals surface area contributed by atoms with Crippen LogP contribution in [0.25, 0.3) is 0 Å². The number of anilines is 2. The summed E-state index contributed by atoms with van der Waals surface area (Å²) in [5.41, 5.74) is 3.05. The largest absolute Gasteiger partial charge is 0.490 e. The predicted molar refractivity (Wildman–Crippen MR) is 91.9 cm³/mol. The highest BCUT2D eigenvalue weighted by atomic mass is 32.2. The minimum Gasteiger partial charge on any atom is -0.490 e. The van der Waals surface area contributed by atoms with E-state index in [1.54, 1.807) is 31.2 Å². The lowest BCUT2D eigenvalue weighted by atomic mass is 10.2. The highest BCUT2D eigenvalue weighted by Gasteiger charge is 2.20. The zero-order chi connectivity index (χ0) is 16.6. The molecule has 0 radical (unpaired) electrons. The summed E-state index contributed by atoms with van der Waals surface area (Å²) in [4.78, 5) is 2.36. The molecule has 23 heavy (non-hydrogen) atoms. The molecule has 1 heterocycles. The number of nitrogens with zero attached hydrogens (tertiary/aromatic N) is 1. The van der Waals surface area contributed by atoms with Gasteiger partial charge in [-0.1, -0.05) is 12.1 Å². The summed E-state index contributed by atoms with van der Waals surface area (Å²) in [6.07, 6.45) is 0. The monoisotopic (exact) mass is 332 g/mol. The first-order valence-corrected chi connectivity index (χ1v) is 8.93. The third-order valence-corrected chi connectivity index (χ3v) is 5.46. The molecule has 1 N–H and O–H groups in total. The zero-order valence-corrected chi connectivity index (χ0v) is 14.3. The van der Waals surface area contributed by atoms with Crippen molar-refractivity contribution in [1.29, 1.82) is 0 Å². The van der Waals surface area contributed by atoms with Gasteiger partial charge >= 0.3 is 0 Å². The van der Waals surface area contributed by atoms with Crippen molar-refractivity contribution in [2.24, 2.45) is 0 Å². The third-order valence-electron chi connectivity index (χ3n) is 3.94. The van der Waals surface area contributed by atoms with Crippen LogP contribution in [-0.4, -0.2) is 28.6 Å². The summed E-state index contributed by atoms with van der Waals surface area (Å²) < 4.78 is 33.6. The van der Waals surface area contributed by atoms with E-state index < -0.39 is 10.0 Å². The van der Waals surface area contributed by atoms with Gasteiger partial charge in [0.1, 0.15) is 12.4 Å². The van der Waals surface area contributed by atoms with Crippen molar-refractivity contribution in [3.8, 4) is 5.75 Å². The number of aryl methyl sites for hydroxylation is 2. The molecule has 0 saturated heterocycles. The Morgan fingerprint density at radius 3 is 2.70 bits per heavy atom. The second kappa shape index (κ2) is 5.77. The number of rotatable bonds is 3. The minimum atomic E-state index is -3.62. The van der Waals surface area contributed by atoms with Gasteiger partial charge in [-0.25, -0.2) is 8.42 Å². The molecule has 1 aliphatic heterocycles. The van der Waals surface area contributed by atoms with Crippen molar-refractivity contribution in [2.45, 2.75) is 18.7 Å². The third kappa shape index (κ3) is 3.12. The summed E-state index contributed by atoms with van der Waals surface area (Å²) in [6, 6.07) is 10.7. The fourth-order valence-electron chi connectivity index (χ4n) is 2.62. The summed E-state index contributed by atoms with van der Waals surface area (Å²) >= 11 is 0. The Morgan fingerprint density at radius 1 is 1.13 bits per heavy atom. The number of likely N-dealkylation sites (N-methyl/N-ethyl adjacent to an activating group) is 1. The molecule has 0 saturated carbocycles. The normalized spacial score (nSPS) is 14.1. The molecule has 1 aliphatic rings. The Labute approximate surface area is 136 Å². The lowest BCUT2D eigenvalue weighted by Crippen LogP contribution is -2.28. The second-order valence-corrected chi connectivity index (χ2v) is 7.48. The van der Waals surface area contributed by atoms with Crippen molar-refractivity contribution >= 4 is 21.4 Å². The van der Waals surface area contributed by atoms with E-state index in [0.29, 0.717) is 17.2 Å².